The molecule has 0 aliphatic carbocycles. The minimum Gasteiger partial charge on any atom is -0.207 e. The third kappa shape index (κ3) is 2.36. The summed E-state index contributed by atoms with van der Waals surface area (Å²) < 4.78 is 25.5. The van der Waals surface area contributed by atoms with Gasteiger partial charge in [0, 0.05) is 10.2 Å². The molecular formula is C13H11F2Si. The van der Waals surface area contributed by atoms with E-state index in [0.717, 1.165) is 11.1 Å². The normalized spacial score (nSPS) is 10.8. The van der Waals surface area contributed by atoms with E-state index in [1.165, 1.54) is 24.3 Å². The van der Waals surface area contributed by atoms with Gasteiger partial charge in [-0.2, -0.15) is 0 Å². The van der Waals surface area contributed by atoms with E-state index in [-0.39, 0.29) is 17.2 Å². The maximum atomic E-state index is 12.8. The third-order valence-electron chi connectivity index (χ3n) is 2.54. The fraction of sp³-hybridized carbons (Fsp3) is 0.0769. The Morgan fingerprint density at radius 2 is 1.00 bits per heavy atom. The maximum Gasteiger partial charge on any atom is 0.123 e. The number of hydrogen-bond acceptors (Lipinski definition) is 0. The van der Waals surface area contributed by atoms with Gasteiger partial charge in [-0.3, -0.25) is 0 Å². The van der Waals surface area contributed by atoms with Gasteiger partial charge in [-0.25, -0.2) is 8.78 Å². The largest absolute Gasteiger partial charge is 0.207 e. The van der Waals surface area contributed by atoms with Crippen LogP contribution >= 0.6 is 0 Å². The summed E-state index contributed by atoms with van der Waals surface area (Å²) in [6.07, 6.45) is 0. The molecule has 81 valence electrons. The van der Waals surface area contributed by atoms with E-state index in [1.54, 1.807) is 34.5 Å². The number of rotatable bonds is 2. The first-order chi connectivity index (χ1) is 7.66. The zero-order valence-electron chi connectivity index (χ0n) is 8.66. The number of hydrogen-bond donors (Lipinski definition) is 0. The summed E-state index contributed by atoms with van der Waals surface area (Å²) >= 11 is 0. The summed E-state index contributed by atoms with van der Waals surface area (Å²) in [4.78, 5) is 0. The quantitative estimate of drug-likeness (QED) is 0.700. The van der Waals surface area contributed by atoms with Crippen molar-refractivity contribution in [3.8, 4) is 0 Å². The lowest BCUT2D eigenvalue weighted by Crippen LogP contribution is -2.00. The molecule has 0 heterocycles. The Balaban J connectivity index is 2.28. The molecule has 0 saturated carbocycles. The Labute approximate surface area is 96.4 Å². The molecule has 1 radical (unpaired) electrons. The van der Waals surface area contributed by atoms with E-state index in [9.17, 15) is 8.78 Å². The van der Waals surface area contributed by atoms with Crippen molar-refractivity contribution in [3.63, 3.8) is 0 Å². The van der Waals surface area contributed by atoms with Gasteiger partial charge in [-0.15, -0.1) is 0 Å². The monoisotopic (exact) mass is 233 g/mol. The predicted molar refractivity (Wildman–Crippen MR) is 63.2 cm³/mol. The topological polar surface area (TPSA) is 0 Å². The lowest BCUT2D eigenvalue weighted by Gasteiger charge is -2.12. The molecule has 2 aromatic rings. The van der Waals surface area contributed by atoms with Gasteiger partial charge in [-0.1, -0.05) is 24.3 Å². The molecule has 0 spiro atoms. The second-order valence-corrected chi connectivity index (χ2v) is 4.47. The van der Waals surface area contributed by atoms with E-state index in [4.69, 9.17) is 0 Å². The first kappa shape index (κ1) is 11.0. The van der Waals surface area contributed by atoms with Gasteiger partial charge < -0.3 is 0 Å². The summed E-state index contributed by atoms with van der Waals surface area (Å²) in [6.45, 7) is 0. The Morgan fingerprint density at radius 3 is 1.31 bits per heavy atom. The molecule has 0 aliphatic heterocycles. The molecule has 0 bridgehead atoms. The highest BCUT2D eigenvalue weighted by Gasteiger charge is 2.08. The van der Waals surface area contributed by atoms with Crippen molar-refractivity contribution in [3.05, 3.63) is 71.3 Å². The second-order valence-electron chi connectivity index (χ2n) is 3.66. The molecule has 2 rings (SSSR count). The molecule has 0 amide bonds. The maximum absolute atomic E-state index is 12.8. The Morgan fingerprint density at radius 1 is 0.688 bits per heavy atom. The standard InChI is InChI=1S/C13H11F2Si/c14-11-5-1-9(2-6-11)13(16)10-3-7-12(15)8-4-10/h1-8,13H,16H2. The molecule has 3 heteroatoms. The van der Waals surface area contributed by atoms with Crippen molar-refractivity contribution >= 4 is 10.2 Å². The minimum absolute atomic E-state index is 0.168. The zero-order chi connectivity index (χ0) is 11.5. The van der Waals surface area contributed by atoms with Crippen LogP contribution in [0, 0.1) is 11.6 Å². The van der Waals surface area contributed by atoms with Crippen LogP contribution in [0.3, 0.4) is 0 Å². The summed E-state index contributed by atoms with van der Waals surface area (Å²) in [7, 11) is 1.79. The Kier molecular flexibility index (Phi) is 3.15. The molecule has 0 unspecified atom stereocenters. The summed E-state index contributed by atoms with van der Waals surface area (Å²) in [5.74, 6) is -0.475. The van der Waals surface area contributed by atoms with Crippen LogP contribution in [0.1, 0.15) is 16.7 Å². The second kappa shape index (κ2) is 4.57. The van der Waals surface area contributed by atoms with Gasteiger partial charge in [0.25, 0.3) is 0 Å². The average Bonchev–Trinajstić information content (AvgIpc) is 2.30. The lowest BCUT2D eigenvalue weighted by molar-refractivity contribution is 0.626. The highest BCUT2D eigenvalue weighted by molar-refractivity contribution is 6.14. The van der Waals surface area contributed by atoms with Gasteiger partial charge in [0.2, 0.25) is 0 Å². The molecule has 0 saturated heterocycles. The Hall–Kier alpha value is -1.48. The van der Waals surface area contributed by atoms with Crippen LogP contribution in [-0.4, -0.2) is 10.2 Å². The molecule has 0 atom stereocenters. The van der Waals surface area contributed by atoms with Gasteiger partial charge in [0.15, 0.2) is 0 Å². The molecule has 0 aromatic heterocycles. The van der Waals surface area contributed by atoms with Crippen LogP contribution in [0.25, 0.3) is 0 Å². The SMILES string of the molecule is Fc1ccc(C([SiH2])c2ccc(F)cc2)cc1. The highest BCUT2D eigenvalue weighted by atomic mass is 28.1. The van der Waals surface area contributed by atoms with E-state index in [1.807, 2.05) is 0 Å². The Bertz CT molecular complexity index is 417. The molecule has 0 nitrogen and oxygen atoms in total. The van der Waals surface area contributed by atoms with Crippen molar-refractivity contribution in [2.45, 2.75) is 5.54 Å². The number of benzene rings is 2. The highest BCUT2D eigenvalue weighted by Crippen LogP contribution is 2.21. The van der Waals surface area contributed by atoms with Crippen molar-refractivity contribution in [1.82, 2.24) is 0 Å². The summed E-state index contributed by atoms with van der Waals surface area (Å²) in [5, 5.41) is 0. The van der Waals surface area contributed by atoms with Crippen molar-refractivity contribution in [2.75, 3.05) is 0 Å². The van der Waals surface area contributed by atoms with Gasteiger partial charge in [0.05, 0.1) is 0 Å². The third-order valence-corrected chi connectivity index (χ3v) is 3.49. The van der Waals surface area contributed by atoms with Crippen LogP contribution in [-0.2, 0) is 0 Å². The minimum atomic E-state index is -0.238. The summed E-state index contributed by atoms with van der Waals surface area (Å²) in [6, 6.07) is 12.8. The van der Waals surface area contributed by atoms with Crippen LogP contribution < -0.4 is 0 Å². The molecule has 16 heavy (non-hydrogen) atoms. The van der Waals surface area contributed by atoms with Crippen LogP contribution in [0.4, 0.5) is 8.78 Å². The van der Waals surface area contributed by atoms with Gasteiger partial charge in [0.1, 0.15) is 11.6 Å². The first-order valence-corrected chi connectivity index (χ1v) is 5.82. The van der Waals surface area contributed by atoms with E-state index >= 15 is 0 Å². The van der Waals surface area contributed by atoms with Crippen molar-refractivity contribution in [1.29, 1.82) is 0 Å². The molecular weight excluding hydrogens is 222 g/mol. The van der Waals surface area contributed by atoms with Gasteiger partial charge in [-0.05, 0) is 40.9 Å². The predicted octanol–water partition coefficient (Wildman–Crippen LogP) is 2.69. The van der Waals surface area contributed by atoms with E-state index in [2.05, 4.69) is 0 Å². The molecule has 2 aromatic carbocycles. The average molecular weight is 233 g/mol. The van der Waals surface area contributed by atoms with E-state index < -0.39 is 0 Å². The van der Waals surface area contributed by atoms with Crippen LogP contribution in [0.15, 0.2) is 48.5 Å². The lowest BCUT2D eigenvalue weighted by atomic mass is 10.0. The summed E-state index contributed by atoms with van der Waals surface area (Å²) in [5.41, 5.74) is 2.24. The molecule has 0 N–H and O–H groups in total. The van der Waals surface area contributed by atoms with Gasteiger partial charge >= 0.3 is 0 Å². The smallest absolute Gasteiger partial charge is 0.123 e. The van der Waals surface area contributed by atoms with Crippen molar-refractivity contribution in [2.24, 2.45) is 0 Å². The van der Waals surface area contributed by atoms with Crippen LogP contribution in [0.2, 0.25) is 0 Å². The molecule has 0 aliphatic rings. The fourth-order valence-electron chi connectivity index (χ4n) is 1.58. The van der Waals surface area contributed by atoms with E-state index in [0.29, 0.717) is 0 Å². The molecule has 0 fully saturated rings. The first-order valence-electron chi connectivity index (χ1n) is 5.01. The fourth-order valence-corrected chi connectivity index (χ4v) is 2.13. The van der Waals surface area contributed by atoms with Crippen molar-refractivity contribution < 1.29 is 8.78 Å². The number of halogens is 2. The van der Waals surface area contributed by atoms with Crippen LogP contribution in [0.5, 0.6) is 0 Å². The zero-order valence-corrected chi connectivity index (χ0v) is 10.1.